The van der Waals surface area contributed by atoms with Crippen LogP contribution in [0.3, 0.4) is 0 Å². The largest absolute Gasteiger partial charge is 0.314 e. The van der Waals surface area contributed by atoms with Gasteiger partial charge in [0.05, 0.1) is 0 Å². The average molecular weight is 265 g/mol. The predicted molar refractivity (Wildman–Crippen MR) is 81.4 cm³/mol. The first-order valence-corrected chi connectivity index (χ1v) is 8.23. The number of hydrogen-bond acceptors (Lipinski definition) is 2. The lowest BCUT2D eigenvalue weighted by molar-refractivity contribution is 0.240. The Bertz CT molecular complexity index is 369. The molecule has 0 aliphatic heterocycles. The fourth-order valence-corrected chi connectivity index (χ4v) is 4.30. The van der Waals surface area contributed by atoms with Gasteiger partial charge in [-0.2, -0.15) is 0 Å². The molecule has 0 amide bonds. The van der Waals surface area contributed by atoms with E-state index in [1.54, 1.807) is 4.88 Å². The van der Waals surface area contributed by atoms with E-state index in [0.717, 1.165) is 17.8 Å². The number of rotatable bonds is 4. The molecular formula is C16H27NS. The van der Waals surface area contributed by atoms with Crippen molar-refractivity contribution >= 4 is 11.3 Å². The molecule has 0 saturated heterocycles. The summed E-state index contributed by atoms with van der Waals surface area (Å²) in [7, 11) is 0. The fraction of sp³-hybridized carbons (Fsp3) is 0.750. The Labute approximate surface area is 116 Å². The summed E-state index contributed by atoms with van der Waals surface area (Å²) in [6.07, 6.45) is 4.18. The highest BCUT2D eigenvalue weighted by molar-refractivity contribution is 7.10. The number of aryl methyl sites for hydroxylation is 1. The van der Waals surface area contributed by atoms with Crippen LogP contribution in [0.4, 0.5) is 0 Å². The van der Waals surface area contributed by atoms with Gasteiger partial charge in [0, 0.05) is 10.9 Å². The van der Waals surface area contributed by atoms with Gasteiger partial charge < -0.3 is 5.32 Å². The van der Waals surface area contributed by atoms with Crippen LogP contribution in [0.5, 0.6) is 0 Å². The fourth-order valence-electron chi connectivity index (χ4n) is 3.16. The highest BCUT2D eigenvalue weighted by Crippen LogP contribution is 2.43. The van der Waals surface area contributed by atoms with Crippen molar-refractivity contribution in [2.24, 2.45) is 11.8 Å². The van der Waals surface area contributed by atoms with Gasteiger partial charge in [0.15, 0.2) is 0 Å². The van der Waals surface area contributed by atoms with Crippen LogP contribution in [-0.2, 0) is 0 Å². The SMILES string of the molecule is Cc1ccsc1C1CC(C)CCC1CNC(C)C. The number of hydrogen-bond donors (Lipinski definition) is 1. The van der Waals surface area contributed by atoms with E-state index in [0.29, 0.717) is 6.04 Å². The Morgan fingerprint density at radius 3 is 2.78 bits per heavy atom. The normalized spacial score (nSPS) is 28.8. The van der Waals surface area contributed by atoms with Gasteiger partial charge in [-0.05, 0) is 61.1 Å². The maximum Gasteiger partial charge on any atom is 0.0109 e. The van der Waals surface area contributed by atoms with Crippen molar-refractivity contribution < 1.29 is 0 Å². The Hall–Kier alpha value is -0.340. The molecule has 1 N–H and O–H groups in total. The molecule has 1 nitrogen and oxygen atoms in total. The zero-order chi connectivity index (χ0) is 13.1. The highest BCUT2D eigenvalue weighted by Gasteiger charge is 2.31. The van der Waals surface area contributed by atoms with Gasteiger partial charge in [-0.25, -0.2) is 0 Å². The molecule has 102 valence electrons. The molecule has 18 heavy (non-hydrogen) atoms. The second kappa shape index (κ2) is 6.21. The predicted octanol–water partition coefficient (Wildman–Crippen LogP) is 4.57. The minimum Gasteiger partial charge on any atom is -0.314 e. The van der Waals surface area contributed by atoms with Gasteiger partial charge in [-0.15, -0.1) is 11.3 Å². The summed E-state index contributed by atoms with van der Waals surface area (Å²) in [5.74, 6) is 2.52. The molecule has 3 atom stereocenters. The summed E-state index contributed by atoms with van der Waals surface area (Å²) >= 11 is 1.97. The zero-order valence-electron chi connectivity index (χ0n) is 12.2. The zero-order valence-corrected chi connectivity index (χ0v) is 13.0. The van der Waals surface area contributed by atoms with Crippen LogP contribution in [0.15, 0.2) is 11.4 Å². The second-order valence-corrected chi connectivity index (χ2v) is 7.26. The number of thiophene rings is 1. The van der Waals surface area contributed by atoms with E-state index in [9.17, 15) is 0 Å². The van der Waals surface area contributed by atoms with Crippen LogP contribution >= 0.6 is 11.3 Å². The third-order valence-electron chi connectivity index (χ3n) is 4.28. The number of nitrogens with one attached hydrogen (secondary N) is 1. The van der Waals surface area contributed by atoms with Crippen molar-refractivity contribution in [3.8, 4) is 0 Å². The van der Waals surface area contributed by atoms with Crippen LogP contribution in [0.2, 0.25) is 0 Å². The van der Waals surface area contributed by atoms with Crippen LogP contribution in [-0.4, -0.2) is 12.6 Å². The summed E-state index contributed by atoms with van der Waals surface area (Å²) in [5, 5.41) is 5.91. The van der Waals surface area contributed by atoms with E-state index in [2.05, 4.69) is 44.5 Å². The molecule has 2 rings (SSSR count). The molecule has 1 fully saturated rings. The lowest BCUT2D eigenvalue weighted by Gasteiger charge is -2.35. The molecule has 1 saturated carbocycles. The third kappa shape index (κ3) is 3.36. The monoisotopic (exact) mass is 265 g/mol. The van der Waals surface area contributed by atoms with Gasteiger partial charge >= 0.3 is 0 Å². The Morgan fingerprint density at radius 2 is 2.17 bits per heavy atom. The minimum absolute atomic E-state index is 0.606. The third-order valence-corrected chi connectivity index (χ3v) is 5.43. The van der Waals surface area contributed by atoms with Crippen LogP contribution in [0.25, 0.3) is 0 Å². The lowest BCUT2D eigenvalue weighted by atomic mass is 9.73. The van der Waals surface area contributed by atoms with E-state index in [1.807, 2.05) is 11.3 Å². The average Bonchev–Trinajstić information content (AvgIpc) is 2.73. The first kappa shape index (κ1) is 14.1. The minimum atomic E-state index is 0.606. The molecule has 1 heterocycles. The first-order chi connectivity index (χ1) is 8.58. The molecule has 0 bridgehead atoms. The maximum atomic E-state index is 3.65. The van der Waals surface area contributed by atoms with Crippen molar-refractivity contribution in [3.05, 3.63) is 21.9 Å². The molecule has 1 aromatic heterocycles. The molecule has 1 aromatic rings. The molecule has 0 aromatic carbocycles. The lowest BCUT2D eigenvalue weighted by Crippen LogP contribution is -2.34. The molecule has 3 unspecified atom stereocenters. The van der Waals surface area contributed by atoms with E-state index in [4.69, 9.17) is 0 Å². The van der Waals surface area contributed by atoms with Crippen LogP contribution in [0, 0.1) is 18.8 Å². The van der Waals surface area contributed by atoms with Crippen LogP contribution < -0.4 is 5.32 Å². The van der Waals surface area contributed by atoms with Crippen molar-refractivity contribution in [1.29, 1.82) is 0 Å². The standard InChI is InChI=1S/C16H27NS/c1-11(2)17-10-14-6-5-12(3)9-15(14)16-13(4)7-8-18-16/h7-8,11-12,14-15,17H,5-6,9-10H2,1-4H3. The second-order valence-electron chi connectivity index (χ2n) is 6.32. The molecule has 1 aliphatic rings. The van der Waals surface area contributed by atoms with Crippen molar-refractivity contribution in [2.75, 3.05) is 6.54 Å². The summed E-state index contributed by atoms with van der Waals surface area (Å²) in [6.45, 7) is 10.4. The summed E-state index contributed by atoms with van der Waals surface area (Å²) in [6, 6.07) is 2.89. The smallest absolute Gasteiger partial charge is 0.0109 e. The molecule has 0 spiro atoms. The topological polar surface area (TPSA) is 12.0 Å². The summed E-state index contributed by atoms with van der Waals surface area (Å²) < 4.78 is 0. The van der Waals surface area contributed by atoms with Gasteiger partial charge in [-0.1, -0.05) is 27.2 Å². The van der Waals surface area contributed by atoms with Crippen molar-refractivity contribution in [2.45, 2.75) is 58.9 Å². The van der Waals surface area contributed by atoms with Crippen LogP contribution in [0.1, 0.15) is 56.4 Å². The highest BCUT2D eigenvalue weighted by atomic mass is 32.1. The van der Waals surface area contributed by atoms with Gasteiger partial charge in [0.1, 0.15) is 0 Å². The Morgan fingerprint density at radius 1 is 1.39 bits per heavy atom. The van der Waals surface area contributed by atoms with Gasteiger partial charge in [0.2, 0.25) is 0 Å². The maximum absolute atomic E-state index is 3.65. The molecule has 1 aliphatic carbocycles. The molecule has 2 heteroatoms. The van der Waals surface area contributed by atoms with Crippen molar-refractivity contribution in [3.63, 3.8) is 0 Å². The first-order valence-electron chi connectivity index (χ1n) is 7.35. The molecule has 0 radical (unpaired) electrons. The van der Waals surface area contributed by atoms with Gasteiger partial charge in [0.25, 0.3) is 0 Å². The van der Waals surface area contributed by atoms with E-state index < -0.39 is 0 Å². The van der Waals surface area contributed by atoms with Crippen molar-refractivity contribution in [1.82, 2.24) is 5.32 Å². The van der Waals surface area contributed by atoms with E-state index >= 15 is 0 Å². The Balaban J connectivity index is 2.09. The Kier molecular flexibility index (Phi) is 4.85. The molecular weight excluding hydrogens is 238 g/mol. The van der Waals surface area contributed by atoms with E-state index in [-0.39, 0.29) is 0 Å². The summed E-state index contributed by atoms with van der Waals surface area (Å²) in [5.41, 5.74) is 1.51. The van der Waals surface area contributed by atoms with E-state index in [1.165, 1.54) is 31.4 Å². The summed E-state index contributed by atoms with van der Waals surface area (Å²) in [4.78, 5) is 1.65. The van der Waals surface area contributed by atoms with Gasteiger partial charge in [-0.3, -0.25) is 0 Å². The quantitative estimate of drug-likeness (QED) is 0.840.